The second-order valence-corrected chi connectivity index (χ2v) is 9.12. The third kappa shape index (κ3) is 6.69. The highest BCUT2D eigenvalue weighted by atomic mass is 32.2. The van der Waals surface area contributed by atoms with Crippen molar-refractivity contribution < 1.29 is 31.5 Å². The number of sulfonamides is 1. The minimum atomic E-state index is -4.43. The van der Waals surface area contributed by atoms with Crippen LogP contribution in [0.1, 0.15) is 11.1 Å². The molecule has 1 atom stereocenters. The fraction of sp³-hybridized carbons (Fsp3) is 0.167. The van der Waals surface area contributed by atoms with Crippen LogP contribution in [0.25, 0.3) is 0 Å². The average molecular weight is 489 g/mol. The summed E-state index contributed by atoms with van der Waals surface area (Å²) in [5, 5.41) is 2.28. The fourth-order valence-electron chi connectivity index (χ4n) is 3.08. The van der Waals surface area contributed by atoms with Gasteiger partial charge in [-0.2, -0.15) is 4.72 Å². The van der Waals surface area contributed by atoms with Crippen LogP contribution in [0.2, 0.25) is 0 Å². The average Bonchev–Trinajstić information content (AvgIpc) is 2.79. The predicted molar refractivity (Wildman–Crippen MR) is 121 cm³/mol. The molecule has 0 unspecified atom stereocenters. The van der Waals surface area contributed by atoms with E-state index in [4.69, 9.17) is 4.74 Å². The summed E-state index contributed by atoms with van der Waals surface area (Å²) in [5.41, 5.74) is 1.17. The molecule has 0 aliphatic heterocycles. The van der Waals surface area contributed by atoms with Crippen molar-refractivity contribution >= 4 is 27.6 Å². The van der Waals surface area contributed by atoms with Crippen LogP contribution in [-0.2, 0) is 30.8 Å². The van der Waals surface area contributed by atoms with Crippen LogP contribution in [0.5, 0.6) is 0 Å². The molecule has 0 radical (unpaired) electrons. The van der Waals surface area contributed by atoms with E-state index in [1.807, 2.05) is 0 Å². The van der Waals surface area contributed by atoms with E-state index in [0.717, 1.165) is 12.1 Å². The molecule has 34 heavy (non-hydrogen) atoms. The lowest BCUT2D eigenvalue weighted by molar-refractivity contribution is -0.149. The quantitative estimate of drug-likeness (QED) is 0.450. The van der Waals surface area contributed by atoms with E-state index in [-0.39, 0.29) is 12.1 Å². The van der Waals surface area contributed by atoms with Crippen LogP contribution < -0.4 is 10.0 Å². The molecule has 0 saturated carbocycles. The smallest absolute Gasteiger partial charge is 0.325 e. The van der Waals surface area contributed by atoms with Gasteiger partial charge >= 0.3 is 5.97 Å². The van der Waals surface area contributed by atoms with Crippen molar-refractivity contribution in [2.24, 2.45) is 0 Å². The molecule has 0 bridgehead atoms. The van der Waals surface area contributed by atoms with Crippen molar-refractivity contribution in [3.05, 3.63) is 95.6 Å². The van der Waals surface area contributed by atoms with Gasteiger partial charge in [0, 0.05) is 0 Å². The number of esters is 1. The fourth-order valence-corrected chi connectivity index (χ4v) is 4.34. The summed E-state index contributed by atoms with van der Waals surface area (Å²) in [6, 6.07) is 16.0. The molecule has 0 aromatic heterocycles. The van der Waals surface area contributed by atoms with Gasteiger partial charge in [-0.3, -0.25) is 9.59 Å². The number of hydrogen-bond donors (Lipinski definition) is 2. The summed E-state index contributed by atoms with van der Waals surface area (Å²) in [6.07, 6.45) is -0.110. The van der Waals surface area contributed by atoms with E-state index in [1.54, 1.807) is 43.3 Å². The Bertz CT molecular complexity index is 1280. The molecule has 0 heterocycles. The predicted octanol–water partition coefficient (Wildman–Crippen LogP) is 3.34. The molecule has 2 N–H and O–H groups in total. The molecule has 0 spiro atoms. The number of carbonyl (C=O) groups is 2. The number of nitrogens with one attached hydrogen (secondary N) is 2. The molecule has 3 aromatic carbocycles. The highest BCUT2D eigenvalue weighted by Gasteiger charge is 2.29. The number of aryl methyl sites for hydroxylation is 1. The van der Waals surface area contributed by atoms with E-state index in [2.05, 4.69) is 10.0 Å². The molecule has 10 heteroatoms. The van der Waals surface area contributed by atoms with E-state index in [1.165, 1.54) is 24.3 Å². The van der Waals surface area contributed by atoms with Gasteiger partial charge in [-0.25, -0.2) is 17.2 Å². The third-order valence-corrected chi connectivity index (χ3v) is 6.24. The highest BCUT2D eigenvalue weighted by molar-refractivity contribution is 7.89. The lowest BCUT2D eigenvalue weighted by atomic mass is 10.1. The van der Waals surface area contributed by atoms with Gasteiger partial charge in [-0.1, -0.05) is 48.5 Å². The number of amides is 1. The number of carbonyl (C=O) groups excluding carboxylic acids is 2. The van der Waals surface area contributed by atoms with Gasteiger partial charge in [-0.15, -0.1) is 0 Å². The molecular formula is C24H22F2N2O5S. The lowest BCUT2D eigenvalue weighted by Crippen LogP contribution is -2.44. The number of rotatable bonds is 9. The first-order valence-electron chi connectivity index (χ1n) is 10.2. The monoisotopic (exact) mass is 488 g/mol. The topological polar surface area (TPSA) is 102 Å². The summed E-state index contributed by atoms with van der Waals surface area (Å²) in [7, 11) is -4.43. The Morgan fingerprint density at radius 2 is 1.62 bits per heavy atom. The Kier molecular flexibility index (Phi) is 8.08. The van der Waals surface area contributed by atoms with Crippen LogP contribution in [0.4, 0.5) is 14.5 Å². The van der Waals surface area contributed by atoms with E-state index in [0.29, 0.717) is 11.1 Å². The van der Waals surface area contributed by atoms with Crippen molar-refractivity contribution in [2.75, 3.05) is 11.9 Å². The van der Waals surface area contributed by atoms with E-state index < -0.39 is 51.1 Å². The standard InChI is InChI=1S/C24H22F2N2O5S/c1-16-11-12-20(19(26)13-16)27-23(29)15-33-24(30)21(14-17-7-3-2-4-8-17)28-34(31,32)22-10-6-5-9-18(22)25/h2-13,21,28H,14-15H2,1H3,(H,27,29)/t21-/m0/s1. The zero-order valence-corrected chi connectivity index (χ0v) is 18.9. The number of anilines is 1. The summed E-state index contributed by atoms with van der Waals surface area (Å²) in [5.74, 6) is -3.50. The Hall–Kier alpha value is -3.63. The van der Waals surface area contributed by atoms with Crippen molar-refractivity contribution in [3.63, 3.8) is 0 Å². The van der Waals surface area contributed by atoms with Crippen molar-refractivity contribution in [1.82, 2.24) is 4.72 Å². The number of hydrogen-bond acceptors (Lipinski definition) is 5. The summed E-state index contributed by atoms with van der Waals surface area (Å²) in [6.45, 7) is 0.907. The Morgan fingerprint density at radius 1 is 0.941 bits per heavy atom. The zero-order valence-electron chi connectivity index (χ0n) is 18.1. The summed E-state index contributed by atoms with van der Waals surface area (Å²) in [4.78, 5) is 24.2. The zero-order chi connectivity index (χ0) is 24.7. The Balaban J connectivity index is 1.73. The Morgan fingerprint density at radius 3 is 2.29 bits per heavy atom. The minimum absolute atomic E-state index is 0.0901. The summed E-state index contributed by atoms with van der Waals surface area (Å²) < 4.78 is 60.6. The Labute approximate surface area is 195 Å². The first-order valence-corrected chi connectivity index (χ1v) is 11.7. The maximum absolute atomic E-state index is 14.1. The number of benzene rings is 3. The molecule has 0 aliphatic carbocycles. The van der Waals surface area contributed by atoms with Crippen LogP contribution in [0.15, 0.2) is 77.7 Å². The van der Waals surface area contributed by atoms with Crippen molar-refractivity contribution in [3.8, 4) is 0 Å². The van der Waals surface area contributed by atoms with Gasteiger partial charge in [0.15, 0.2) is 6.61 Å². The molecule has 3 rings (SSSR count). The molecule has 7 nitrogen and oxygen atoms in total. The maximum atomic E-state index is 14.1. The van der Waals surface area contributed by atoms with Crippen LogP contribution in [0, 0.1) is 18.6 Å². The molecule has 3 aromatic rings. The van der Waals surface area contributed by atoms with E-state index in [9.17, 15) is 26.8 Å². The highest BCUT2D eigenvalue weighted by Crippen LogP contribution is 2.17. The normalized spacial score (nSPS) is 12.1. The first-order chi connectivity index (χ1) is 16.2. The van der Waals surface area contributed by atoms with Gasteiger partial charge in [0.25, 0.3) is 5.91 Å². The van der Waals surface area contributed by atoms with Crippen LogP contribution >= 0.6 is 0 Å². The van der Waals surface area contributed by atoms with Gasteiger partial charge in [0.2, 0.25) is 10.0 Å². The van der Waals surface area contributed by atoms with E-state index >= 15 is 0 Å². The largest absolute Gasteiger partial charge is 0.454 e. The first kappa shape index (κ1) is 25.0. The SMILES string of the molecule is Cc1ccc(NC(=O)COC(=O)[C@H](Cc2ccccc2)NS(=O)(=O)c2ccccc2F)c(F)c1. The molecule has 0 saturated heterocycles. The van der Waals surface area contributed by atoms with Gasteiger partial charge in [0.05, 0.1) is 5.69 Å². The maximum Gasteiger partial charge on any atom is 0.325 e. The number of halogens is 2. The van der Waals surface area contributed by atoms with Crippen molar-refractivity contribution in [2.45, 2.75) is 24.3 Å². The third-order valence-electron chi connectivity index (χ3n) is 4.73. The minimum Gasteiger partial charge on any atom is -0.454 e. The molecule has 178 valence electrons. The second-order valence-electron chi connectivity index (χ2n) is 7.43. The van der Waals surface area contributed by atoms with Gasteiger partial charge in [-0.05, 0) is 48.7 Å². The second kappa shape index (κ2) is 11.0. The van der Waals surface area contributed by atoms with Crippen LogP contribution in [0.3, 0.4) is 0 Å². The van der Waals surface area contributed by atoms with Crippen molar-refractivity contribution in [1.29, 1.82) is 0 Å². The molecule has 0 fully saturated rings. The molecular weight excluding hydrogens is 466 g/mol. The lowest BCUT2D eigenvalue weighted by Gasteiger charge is -2.18. The van der Waals surface area contributed by atoms with Gasteiger partial charge < -0.3 is 10.1 Å². The molecule has 0 aliphatic rings. The van der Waals surface area contributed by atoms with Gasteiger partial charge in [0.1, 0.15) is 22.6 Å². The van der Waals surface area contributed by atoms with Crippen LogP contribution in [-0.4, -0.2) is 32.9 Å². The molecule has 1 amide bonds. The summed E-state index contributed by atoms with van der Waals surface area (Å²) >= 11 is 0. The number of ether oxygens (including phenoxy) is 1.